The maximum Gasteiger partial charge on any atom is 0.311 e. The number of carbonyl (C=O) groups is 1. The molecular weight excluding hydrogens is 800 g/mol. The van der Waals surface area contributed by atoms with Gasteiger partial charge >= 0.3 is 5.97 Å². The summed E-state index contributed by atoms with van der Waals surface area (Å²) in [6.45, 7) is 17.0. The Morgan fingerprint density at radius 3 is 2.18 bits per heavy atom. The molecule has 3 heterocycles. The van der Waals surface area contributed by atoms with Crippen molar-refractivity contribution in [1.29, 1.82) is 0 Å². The zero-order valence-corrected chi connectivity index (χ0v) is 38.5. The van der Waals surface area contributed by atoms with Crippen LogP contribution >= 0.6 is 11.6 Å². The molecule has 16 heteroatoms. The number of likely N-dealkylation sites (N-methyl/N-ethyl adjacent to an activating group) is 1. The largest absolute Gasteiger partial charge is 0.459 e. The van der Waals surface area contributed by atoms with Gasteiger partial charge in [-0.15, -0.1) is 0 Å². The lowest BCUT2D eigenvalue weighted by Gasteiger charge is -2.49. The summed E-state index contributed by atoms with van der Waals surface area (Å²) in [5.74, 6) is -4.15. The van der Waals surface area contributed by atoms with Crippen LogP contribution in [0, 0.1) is 23.7 Å². The minimum absolute atomic E-state index is 0.00347. The van der Waals surface area contributed by atoms with Gasteiger partial charge in [-0.1, -0.05) is 62.7 Å². The normalized spacial score (nSPS) is 44.6. The second-order valence-electron chi connectivity index (χ2n) is 18.5. The summed E-state index contributed by atoms with van der Waals surface area (Å²) in [6.07, 6.45) is -9.53. The number of oxime groups is 1. The SMILES string of the molecule is CC[C@H]1OC(=O)[C@H](C)[C@@H](O[C@H]2C[C@@](C)(OC)[C@@H](O)[C@H](C)O2)[C@H](C)[C@@H](O[C@@H]2O[C@H](C)C[C@H](N(C)C)[C@H]2O)[C@](C)(O)C[C@@H](C)/C(=N\OCc2ccccc2Cl)[C@H](C)[C@@H](O)[C@]1(C)O. The van der Waals surface area contributed by atoms with Gasteiger partial charge in [0.1, 0.15) is 30.5 Å². The van der Waals surface area contributed by atoms with Gasteiger partial charge in [-0.25, -0.2) is 0 Å². The molecule has 60 heavy (non-hydrogen) atoms. The minimum atomic E-state index is -1.97. The Morgan fingerprint density at radius 1 is 0.933 bits per heavy atom. The van der Waals surface area contributed by atoms with Crippen molar-refractivity contribution in [3.05, 3.63) is 34.9 Å². The maximum absolute atomic E-state index is 14.4. The number of hydrogen-bond acceptors (Lipinski definition) is 15. The van der Waals surface area contributed by atoms with E-state index < -0.39 is 102 Å². The second-order valence-corrected chi connectivity index (χ2v) is 18.9. The molecule has 0 aliphatic carbocycles. The molecular formula is C44H73ClN2O13. The van der Waals surface area contributed by atoms with E-state index in [4.69, 9.17) is 44.9 Å². The number of aliphatic hydroxyl groups is 5. The summed E-state index contributed by atoms with van der Waals surface area (Å²) in [7, 11) is 5.22. The van der Waals surface area contributed by atoms with Crippen molar-refractivity contribution in [3.63, 3.8) is 0 Å². The number of aliphatic hydroxyl groups excluding tert-OH is 3. The topological polar surface area (TPSA) is 198 Å². The molecule has 15 nitrogen and oxygen atoms in total. The number of carbonyl (C=O) groups excluding carboxylic acids is 1. The zero-order chi connectivity index (χ0) is 45.1. The van der Waals surface area contributed by atoms with Crippen molar-refractivity contribution in [3.8, 4) is 0 Å². The molecule has 0 aromatic heterocycles. The van der Waals surface area contributed by atoms with Crippen molar-refractivity contribution in [1.82, 2.24) is 4.90 Å². The van der Waals surface area contributed by atoms with Crippen molar-refractivity contribution < 1.29 is 63.6 Å². The fourth-order valence-corrected chi connectivity index (χ4v) is 9.58. The van der Waals surface area contributed by atoms with Gasteiger partial charge in [0.2, 0.25) is 0 Å². The Kier molecular flexibility index (Phi) is 17.5. The van der Waals surface area contributed by atoms with E-state index in [1.807, 2.05) is 38.9 Å². The third-order valence-electron chi connectivity index (χ3n) is 13.2. The van der Waals surface area contributed by atoms with Gasteiger partial charge in [0, 0.05) is 47.9 Å². The summed E-state index contributed by atoms with van der Waals surface area (Å²) in [4.78, 5) is 22.2. The fraction of sp³-hybridized carbons (Fsp3) is 0.818. The smallest absolute Gasteiger partial charge is 0.311 e. The summed E-state index contributed by atoms with van der Waals surface area (Å²) < 4.78 is 37.8. The molecule has 1 aromatic rings. The molecule has 0 spiro atoms. The molecule has 1 aromatic carbocycles. The minimum Gasteiger partial charge on any atom is -0.459 e. The summed E-state index contributed by atoms with van der Waals surface area (Å²) in [5.41, 5.74) is -3.81. The Hall–Kier alpha value is -1.99. The highest BCUT2D eigenvalue weighted by Crippen LogP contribution is 2.41. The third-order valence-corrected chi connectivity index (χ3v) is 13.6. The van der Waals surface area contributed by atoms with Gasteiger partial charge in [-0.2, -0.15) is 0 Å². The molecule has 3 fully saturated rings. The highest BCUT2D eigenvalue weighted by atomic mass is 35.5. The molecule has 3 saturated heterocycles. The summed E-state index contributed by atoms with van der Waals surface area (Å²) in [5, 5.41) is 64.6. The molecule has 0 saturated carbocycles. The number of halogens is 1. The van der Waals surface area contributed by atoms with Crippen LogP contribution < -0.4 is 0 Å². The van der Waals surface area contributed by atoms with E-state index in [1.54, 1.807) is 66.7 Å². The van der Waals surface area contributed by atoms with E-state index in [9.17, 15) is 30.3 Å². The average Bonchev–Trinajstić information content (AvgIpc) is 3.18. The highest BCUT2D eigenvalue weighted by Gasteiger charge is 2.53. The maximum atomic E-state index is 14.4. The molecule has 18 atom stereocenters. The van der Waals surface area contributed by atoms with Crippen LogP contribution in [-0.2, 0) is 44.7 Å². The number of esters is 1. The second kappa shape index (κ2) is 20.7. The molecule has 5 N–H and O–H groups in total. The standard InChI is InChI=1S/C44H73ClN2O13/c1-14-32-44(10,53)37(49)25(4)34(46-55-22-29-17-15-16-18-30(29)45)23(2)20-42(8,52)39(60-41-35(48)31(47(11)12)19-24(3)56-41)26(5)36(27(6)40(51)58-32)59-33-21-43(9,54-13)38(50)28(7)57-33/h15-18,23-28,31-33,35-39,41,48-50,52-53H,14,19-22H2,1-13H3/b46-34+/t23-,24-,25+,26+,27-,28+,31+,32-,33+,35-,36+,37-,38+,39-,41+,42-,43-,44-/m1/s1. The first-order chi connectivity index (χ1) is 27.9. The lowest BCUT2D eigenvalue weighted by molar-refractivity contribution is -0.317. The number of ether oxygens (including phenoxy) is 6. The molecule has 0 unspecified atom stereocenters. The van der Waals surface area contributed by atoms with Crippen LogP contribution in [0.25, 0.3) is 0 Å². The highest BCUT2D eigenvalue weighted by molar-refractivity contribution is 6.31. The van der Waals surface area contributed by atoms with Crippen LogP contribution in [0.2, 0.25) is 5.02 Å². The molecule has 0 radical (unpaired) electrons. The number of cyclic esters (lactones) is 1. The van der Waals surface area contributed by atoms with E-state index in [1.165, 1.54) is 14.0 Å². The Balaban J connectivity index is 1.87. The van der Waals surface area contributed by atoms with Gasteiger partial charge in [-0.05, 0) is 81.0 Å². The molecule has 0 amide bonds. The van der Waals surface area contributed by atoms with Gasteiger partial charge in [0.25, 0.3) is 0 Å². The van der Waals surface area contributed by atoms with Crippen LogP contribution in [0.4, 0.5) is 0 Å². The fourth-order valence-electron chi connectivity index (χ4n) is 9.39. The van der Waals surface area contributed by atoms with Crippen LogP contribution in [0.15, 0.2) is 29.4 Å². The molecule has 0 bridgehead atoms. The van der Waals surface area contributed by atoms with Crippen molar-refractivity contribution in [2.24, 2.45) is 28.8 Å². The molecule has 344 valence electrons. The van der Waals surface area contributed by atoms with E-state index in [2.05, 4.69) is 5.16 Å². The van der Waals surface area contributed by atoms with E-state index in [0.717, 1.165) is 0 Å². The Labute approximate surface area is 361 Å². The van der Waals surface area contributed by atoms with E-state index in [0.29, 0.717) is 22.7 Å². The monoisotopic (exact) mass is 872 g/mol. The first kappa shape index (κ1) is 50.7. The summed E-state index contributed by atoms with van der Waals surface area (Å²) in [6, 6.07) is 6.83. The number of benzene rings is 1. The predicted molar refractivity (Wildman–Crippen MR) is 225 cm³/mol. The van der Waals surface area contributed by atoms with Crippen molar-refractivity contribution >= 4 is 23.3 Å². The molecule has 4 rings (SSSR count). The number of nitrogens with zero attached hydrogens (tertiary/aromatic N) is 2. The number of methoxy groups -OCH3 is 1. The average molecular weight is 874 g/mol. The number of rotatable bonds is 10. The predicted octanol–water partition coefficient (Wildman–Crippen LogP) is 4.44. The van der Waals surface area contributed by atoms with Crippen LogP contribution in [0.3, 0.4) is 0 Å². The lowest BCUT2D eigenvalue weighted by atomic mass is 9.73. The van der Waals surface area contributed by atoms with E-state index >= 15 is 0 Å². The molecule has 3 aliphatic heterocycles. The van der Waals surface area contributed by atoms with E-state index in [-0.39, 0.29) is 38.0 Å². The quantitative estimate of drug-likeness (QED) is 0.163. The Bertz CT molecular complexity index is 1580. The Morgan fingerprint density at radius 2 is 1.58 bits per heavy atom. The third kappa shape index (κ3) is 11.4. The van der Waals surface area contributed by atoms with Gasteiger partial charge in [-0.3, -0.25) is 4.79 Å². The van der Waals surface area contributed by atoms with Crippen LogP contribution in [-0.4, -0.2) is 148 Å². The lowest BCUT2D eigenvalue weighted by Crippen LogP contribution is -2.61. The van der Waals surface area contributed by atoms with Crippen molar-refractivity contribution in [2.45, 2.75) is 186 Å². The zero-order valence-electron chi connectivity index (χ0n) is 37.8. The number of hydrogen-bond donors (Lipinski definition) is 5. The van der Waals surface area contributed by atoms with Gasteiger partial charge in [0.15, 0.2) is 12.6 Å². The van der Waals surface area contributed by atoms with Crippen LogP contribution in [0.5, 0.6) is 0 Å². The van der Waals surface area contributed by atoms with Gasteiger partial charge in [0.05, 0.1) is 53.4 Å². The van der Waals surface area contributed by atoms with Crippen LogP contribution in [0.1, 0.15) is 100 Å². The summed E-state index contributed by atoms with van der Waals surface area (Å²) >= 11 is 6.41. The molecule has 3 aliphatic rings. The first-order valence-corrected chi connectivity index (χ1v) is 21.7. The van der Waals surface area contributed by atoms with Gasteiger partial charge < -0.3 is 63.7 Å². The van der Waals surface area contributed by atoms with Crippen molar-refractivity contribution in [2.75, 3.05) is 21.2 Å². The first-order valence-electron chi connectivity index (χ1n) is 21.4.